The molecule has 1 unspecified atom stereocenters. The minimum atomic E-state index is 0.250. The first-order valence-electron chi connectivity index (χ1n) is 6.59. The van der Waals surface area contributed by atoms with Crippen LogP contribution < -0.4 is 0 Å². The Morgan fingerprint density at radius 1 is 1.19 bits per heavy atom. The Morgan fingerprint density at radius 3 is 2.19 bits per heavy atom. The lowest BCUT2D eigenvalue weighted by Crippen LogP contribution is -2.22. The van der Waals surface area contributed by atoms with Crippen molar-refractivity contribution in [1.82, 2.24) is 0 Å². The Hall–Kier alpha value is -0.300. The molecule has 1 heteroatoms. The van der Waals surface area contributed by atoms with Crippen molar-refractivity contribution in [2.75, 3.05) is 6.61 Å². The molecule has 0 saturated heterocycles. The van der Waals surface area contributed by atoms with Crippen molar-refractivity contribution >= 4 is 0 Å². The van der Waals surface area contributed by atoms with Gasteiger partial charge < -0.3 is 5.11 Å². The van der Waals surface area contributed by atoms with Gasteiger partial charge in [-0.05, 0) is 55.8 Å². The van der Waals surface area contributed by atoms with E-state index in [-0.39, 0.29) is 5.41 Å². The molecule has 0 aromatic carbocycles. The van der Waals surface area contributed by atoms with Crippen molar-refractivity contribution in [2.24, 2.45) is 22.7 Å². The van der Waals surface area contributed by atoms with Crippen molar-refractivity contribution < 1.29 is 5.11 Å². The van der Waals surface area contributed by atoms with Gasteiger partial charge in [-0.1, -0.05) is 31.9 Å². The largest absolute Gasteiger partial charge is 0.396 e. The zero-order valence-electron chi connectivity index (χ0n) is 11.4. The lowest BCUT2D eigenvalue weighted by atomic mass is 9.75. The van der Waals surface area contributed by atoms with Crippen molar-refractivity contribution in [3.8, 4) is 0 Å². The molecule has 92 valence electrons. The molecule has 0 aliphatic heterocycles. The third kappa shape index (κ3) is 1.73. The maximum absolute atomic E-state index is 9.33. The summed E-state index contributed by atoms with van der Waals surface area (Å²) in [5.74, 6) is 1.56. The number of allylic oxidation sites excluding steroid dienone is 2. The second-order valence-electron chi connectivity index (χ2n) is 6.98. The molecule has 0 bridgehead atoms. The van der Waals surface area contributed by atoms with E-state index in [2.05, 4.69) is 34.6 Å². The van der Waals surface area contributed by atoms with E-state index < -0.39 is 0 Å². The normalized spacial score (nSPS) is 41.6. The van der Waals surface area contributed by atoms with Gasteiger partial charge in [-0.25, -0.2) is 0 Å². The molecule has 1 saturated carbocycles. The van der Waals surface area contributed by atoms with Crippen LogP contribution in [0.5, 0.6) is 0 Å². The van der Waals surface area contributed by atoms with E-state index in [1.54, 1.807) is 11.1 Å². The van der Waals surface area contributed by atoms with Crippen LogP contribution in [0, 0.1) is 22.7 Å². The van der Waals surface area contributed by atoms with Crippen LogP contribution in [0.4, 0.5) is 0 Å². The third-order valence-electron chi connectivity index (χ3n) is 5.65. The Balaban J connectivity index is 2.00. The summed E-state index contributed by atoms with van der Waals surface area (Å²) in [6.07, 6.45) is 3.81. The molecule has 0 radical (unpaired) electrons. The monoisotopic (exact) mass is 222 g/mol. The van der Waals surface area contributed by atoms with Crippen LogP contribution in [-0.2, 0) is 0 Å². The summed E-state index contributed by atoms with van der Waals surface area (Å²) in [7, 11) is 0. The van der Waals surface area contributed by atoms with Crippen molar-refractivity contribution in [1.29, 1.82) is 0 Å². The summed E-state index contributed by atoms with van der Waals surface area (Å²) in [5, 5.41) is 9.33. The van der Waals surface area contributed by atoms with Crippen LogP contribution in [0.3, 0.4) is 0 Å². The molecule has 0 spiro atoms. The predicted molar refractivity (Wildman–Crippen MR) is 68.2 cm³/mol. The molecule has 0 amide bonds. The SMILES string of the molecule is CC1=C(C)C(C)(C)C(C[C@@H]2C[C@@]2(C)CO)C1. The quantitative estimate of drug-likeness (QED) is 0.721. The van der Waals surface area contributed by atoms with Gasteiger partial charge in [0, 0.05) is 6.61 Å². The maximum atomic E-state index is 9.33. The predicted octanol–water partition coefficient (Wildman–Crippen LogP) is 3.78. The van der Waals surface area contributed by atoms with E-state index in [9.17, 15) is 5.11 Å². The second kappa shape index (κ2) is 3.60. The summed E-state index contributed by atoms with van der Waals surface area (Å²) < 4.78 is 0. The zero-order chi connectivity index (χ0) is 12.1. The van der Waals surface area contributed by atoms with Crippen molar-refractivity contribution in [3.05, 3.63) is 11.1 Å². The lowest BCUT2D eigenvalue weighted by molar-refractivity contribution is 0.192. The molecule has 0 aromatic rings. The molecule has 0 heterocycles. The van der Waals surface area contributed by atoms with Gasteiger partial charge in [-0.3, -0.25) is 0 Å². The van der Waals surface area contributed by atoms with Gasteiger partial charge >= 0.3 is 0 Å². The van der Waals surface area contributed by atoms with Gasteiger partial charge in [-0.2, -0.15) is 0 Å². The van der Waals surface area contributed by atoms with Gasteiger partial charge in [0.2, 0.25) is 0 Å². The van der Waals surface area contributed by atoms with Crippen molar-refractivity contribution in [2.45, 2.75) is 53.9 Å². The summed E-state index contributed by atoms with van der Waals surface area (Å²) in [6, 6.07) is 0. The highest BCUT2D eigenvalue weighted by atomic mass is 16.3. The topological polar surface area (TPSA) is 20.2 Å². The highest BCUT2D eigenvalue weighted by Gasteiger charge is 2.52. The van der Waals surface area contributed by atoms with E-state index in [1.807, 2.05) is 0 Å². The minimum absolute atomic E-state index is 0.250. The number of aliphatic hydroxyl groups is 1. The van der Waals surface area contributed by atoms with Crippen LogP contribution in [0.1, 0.15) is 53.9 Å². The number of hydrogen-bond acceptors (Lipinski definition) is 1. The Labute approximate surface area is 99.9 Å². The Kier molecular flexibility index (Phi) is 2.73. The highest BCUT2D eigenvalue weighted by Crippen LogP contribution is 2.59. The van der Waals surface area contributed by atoms with E-state index >= 15 is 0 Å². The molecule has 1 nitrogen and oxygen atoms in total. The third-order valence-corrected chi connectivity index (χ3v) is 5.65. The van der Waals surface area contributed by atoms with E-state index in [0.29, 0.717) is 12.0 Å². The molecule has 0 aromatic heterocycles. The van der Waals surface area contributed by atoms with Gasteiger partial charge in [0.1, 0.15) is 0 Å². The van der Waals surface area contributed by atoms with Gasteiger partial charge in [0.25, 0.3) is 0 Å². The number of aliphatic hydroxyl groups excluding tert-OH is 1. The lowest BCUT2D eigenvalue weighted by Gasteiger charge is -2.30. The summed E-state index contributed by atoms with van der Waals surface area (Å²) in [6.45, 7) is 12.0. The molecule has 2 aliphatic carbocycles. The first-order valence-corrected chi connectivity index (χ1v) is 6.59. The standard InChI is InChI=1S/C15H26O/c1-10-6-12(14(3,4)11(10)2)7-13-8-15(13,5)9-16/h12-13,16H,6-9H2,1-5H3/t12?,13-,15+/m1/s1. The average molecular weight is 222 g/mol. The summed E-state index contributed by atoms with van der Waals surface area (Å²) in [4.78, 5) is 0. The van der Waals surface area contributed by atoms with E-state index in [4.69, 9.17) is 0 Å². The fourth-order valence-electron chi connectivity index (χ4n) is 3.42. The van der Waals surface area contributed by atoms with Gasteiger partial charge in [-0.15, -0.1) is 0 Å². The van der Waals surface area contributed by atoms with Crippen LogP contribution in [0.2, 0.25) is 0 Å². The molecule has 1 N–H and O–H groups in total. The average Bonchev–Trinajstić information content (AvgIpc) is 2.82. The highest BCUT2D eigenvalue weighted by molar-refractivity contribution is 5.26. The maximum Gasteiger partial charge on any atom is 0.0487 e. The Bertz CT molecular complexity index is 326. The summed E-state index contributed by atoms with van der Waals surface area (Å²) in [5.41, 5.74) is 3.83. The summed E-state index contributed by atoms with van der Waals surface area (Å²) >= 11 is 0. The fourth-order valence-corrected chi connectivity index (χ4v) is 3.42. The van der Waals surface area contributed by atoms with Gasteiger partial charge in [0.05, 0.1) is 0 Å². The van der Waals surface area contributed by atoms with Crippen molar-refractivity contribution in [3.63, 3.8) is 0 Å². The molecule has 16 heavy (non-hydrogen) atoms. The zero-order valence-corrected chi connectivity index (χ0v) is 11.4. The number of rotatable bonds is 3. The smallest absolute Gasteiger partial charge is 0.0487 e. The van der Waals surface area contributed by atoms with E-state index in [0.717, 1.165) is 11.8 Å². The van der Waals surface area contributed by atoms with E-state index in [1.165, 1.54) is 19.3 Å². The second-order valence-corrected chi connectivity index (χ2v) is 6.98. The Morgan fingerprint density at radius 2 is 1.81 bits per heavy atom. The first kappa shape index (κ1) is 12.2. The first-order chi connectivity index (χ1) is 7.31. The molecule has 3 atom stereocenters. The molecular formula is C15H26O. The fraction of sp³-hybridized carbons (Fsp3) is 0.867. The minimum Gasteiger partial charge on any atom is -0.396 e. The molecular weight excluding hydrogens is 196 g/mol. The van der Waals surface area contributed by atoms with Crippen LogP contribution in [-0.4, -0.2) is 11.7 Å². The number of hydrogen-bond donors (Lipinski definition) is 1. The molecule has 2 rings (SSSR count). The van der Waals surface area contributed by atoms with Gasteiger partial charge in [0.15, 0.2) is 0 Å². The van der Waals surface area contributed by atoms with Crippen LogP contribution in [0.25, 0.3) is 0 Å². The van der Waals surface area contributed by atoms with Crippen LogP contribution >= 0.6 is 0 Å². The molecule has 2 aliphatic rings. The molecule has 1 fully saturated rings. The van der Waals surface area contributed by atoms with Crippen LogP contribution in [0.15, 0.2) is 11.1 Å².